The Morgan fingerprint density at radius 2 is 1.61 bits per heavy atom. The quantitative estimate of drug-likeness (QED) is 0.499. The Bertz CT molecular complexity index is 696. The Hall–Kier alpha value is -2.53. The van der Waals surface area contributed by atoms with E-state index in [1.54, 1.807) is 30.3 Å². The Labute approximate surface area is 161 Å². The van der Waals surface area contributed by atoms with E-state index in [1.165, 1.54) is 6.92 Å². The monoisotopic (exact) mass is 397 g/mol. The van der Waals surface area contributed by atoms with E-state index in [1.807, 2.05) is 0 Å². The Kier molecular flexibility index (Phi) is 7.46. The molecule has 1 saturated heterocycles. The van der Waals surface area contributed by atoms with Crippen molar-refractivity contribution in [2.45, 2.75) is 51.5 Å². The van der Waals surface area contributed by atoms with Gasteiger partial charge in [0.25, 0.3) is 0 Å². The van der Waals surface area contributed by atoms with Gasteiger partial charge in [0.05, 0.1) is 12.3 Å². The third-order valence-electron chi connectivity index (χ3n) is 3.89. The minimum absolute atomic E-state index is 0.373. The molecule has 0 aliphatic carbocycles. The first-order valence-corrected chi connectivity index (χ1v) is 8.56. The molecular formula is C18H23NO9. The maximum absolute atomic E-state index is 12.0. The number of ether oxygens (including phenoxy) is 3. The van der Waals surface area contributed by atoms with Gasteiger partial charge in [-0.1, -0.05) is 18.2 Å². The van der Waals surface area contributed by atoms with Crippen LogP contribution >= 0.6 is 0 Å². The van der Waals surface area contributed by atoms with Crippen molar-refractivity contribution in [3.63, 3.8) is 0 Å². The maximum Gasteiger partial charge on any atom is 0.303 e. The zero-order valence-electron chi connectivity index (χ0n) is 15.7. The van der Waals surface area contributed by atoms with Gasteiger partial charge in [-0.05, 0) is 12.1 Å². The normalized spacial score (nSPS) is 27.0. The first-order valence-electron chi connectivity index (χ1n) is 8.56. The van der Waals surface area contributed by atoms with Gasteiger partial charge >= 0.3 is 11.9 Å². The van der Waals surface area contributed by atoms with Crippen molar-refractivity contribution >= 4 is 23.5 Å². The molecule has 0 radical (unpaired) electrons. The summed E-state index contributed by atoms with van der Waals surface area (Å²) in [6, 6.07) is 8.32. The largest absolute Gasteiger partial charge is 0.457 e. The topological polar surface area (TPSA) is 132 Å². The minimum atomic E-state index is -1.56. The van der Waals surface area contributed by atoms with Crippen LogP contribution in [0, 0.1) is 0 Å². The van der Waals surface area contributed by atoms with E-state index >= 15 is 0 Å². The molecule has 0 saturated carbocycles. The van der Waals surface area contributed by atoms with E-state index in [0.29, 0.717) is 5.69 Å². The van der Waals surface area contributed by atoms with Gasteiger partial charge in [0.2, 0.25) is 12.2 Å². The molecule has 28 heavy (non-hydrogen) atoms. The second-order valence-electron chi connectivity index (χ2n) is 6.12. The van der Waals surface area contributed by atoms with Gasteiger partial charge in [-0.15, -0.1) is 0 Å². The molecule has 1 aromatic rings. The lowest BCUT2D eigenvalue weighted by molar-refractivity contribution is -0.307. The van der Waals surface area contributed by atoms with Crippen LogP contribution in [-0.4, -0.2) is 65.4 Å². The van der Waals surface area contributed by atoms with E-state index in [4.69, 9.17) is 19.0 Å². The zero-order chi connectivity index (χ0) is 20.8. The molecule has 1 aliphatic heterocycles. The fourth-order valence-corrected chi connectivity index (χ4v) is 2.77. The second kappa shape index (κ2) is 9.60. The lowest BCUT2D eigenvalue weighted by Gasteiger charge is -2.43. The molecule has 1 aliphatic rings. The molecule has 1 fully saturated rings. The Morgan fingerprint density at radius 1 is 1.04 bits per heavy atom. The summed E-state index contributed by atoms with van der Waals surface area (Å²) in [5, 5.41) is 21.1. The number of aliphatic hydroxyl groups is 2. The van der Waals surface area contributed by atoms with E-state index in [0.717, 1.165) is 18.9 Å². The minimum Gasteiger partial charge on any atom is -0.457 e. The van der Waals surface area contributed by atoms with Crippen LogP contribution in [0.3, 0.4) is 0 Å². The molecule has 1 aromatic carbocycles. The average molecular weight is 397 g/mol. The predicted octanol–water partition coefficient (Wildman–Crippen LogP) is -0.0874. The zero-order valence-corrected chi connectivity index (χ0v) is 15.7. The number of hydrogen-bond acceptors (Lipinski definition) is 9. The number of aliphatic hydroxyl groups excluding tert-OH is 2. The van der Waals surface area contributed by atoms with Crippen LogP contribution in [0.1, 0.15) is 20.8 Å². The lowest BCUT2D eigenvalue weighted by Crippen LogP contribution is -2.62. The summed E-state index contributed by atoms with van der Waals surface area (Å²) in [4.78, 5) is 40.4. The Morgan fingerprint density at radius 3 is 2.11 bits per heavy atom. The van der Waals surface area contributed by atoms with Crippen LogP contribution in [0.2, 0.25) is 0 Å². The first kappa shape index (κ1) is 21.8. The van der Waals surface area contributed by atoms with Crippen molar-refractivity contribution in [2.75, 3.05) is 11.7 Å². The summed E-state index contributed by atoms with van der Waals surface area (Å²) in [6.45, 7) is 2.87. The highest BCUT2D eigenvalue weighted by Crippen LogP contribution is 2.29. The summed E-state index contributed by atoms with van der Waals surface area (Å²) >= 11 is 0. The van der Waals surface area contributed by atoms with Crippen molar-refractivity contribution in [3.05, 3.63) is 30.3 Å². The van der Waals surface area contributed by atoms with Gasteiger partial charge in [-0.3, -0.25) is 14.4 Å². The fraction of sp³-hybridized carbons (Fsp3) is 0.500. The highest BCUT2D eigenvalue weighted by Gasteiger charge is 2.50. The molecule has 1 amide bonds. The number of rotatable bonds is 6. The second-order valence-corrected chi connectivity index (χ2v) is 6.12. The molecule has 10 heteroatoms. The van der Waals surface area contributed by atoms with Gasteiger partial charge in [0.15, 0.2) is 12.2 Å². The van der Waals surface area contributed by atoms with Crippen molar-refractivity contribution in [2.24, 2.45) is 0 Å². The number of hydrogen-bond donors (Lipinski definition) is 2. The van der Waals surface area contributed by atoms with Crippen LogP contribution < -0.4 is 5.06 Å². The summed E-state index contributed by atoms with van der Waals surface area (Å²) in [5.41, 5.74) is 0.373. The number of para-hydroxylation sites is 1. The molecule has 1 heterocycles. The number of esters is 2. The van der Waals surface area contributed by atoms with E-state index in [2.05, 4.69) is 0 Å². The van der Waals surface area contributed by atoms with Crippen LogP contribution in [-0.2, 0) is 33.4 Å². The van der Waals surface area contributed by atoms with Gasteiger partial charge in [-0.25, -0.2) is 4.84 Å². The summed E-state index contributed by atoms with van der Waals surface area (Å²) in [7, 11) is 0. The van der Waals surface area contributed by atoms with Crippen molar-refractivity contribution in [1.29, 1.82) is 0 Å². The lowest BCUT2D eigenvalue weighted by atomic mass is 9.99. The molecule has 2 rings (SSSR count). The summed E-state index contributed by atoms with van der Waals surface area (Å²) < 4.78 is 15.6. The number of carbonyl (C=O) groups is 3. The van der Waals surface area contributed by atoms with Gasteiger partial charge in [-0.2, -0.15) is 5.06 Å². The summed E-state index contributed by atoms with van der Waals surface area (Å²) in [6.07, 6.45) is -6.90. The number of amides is 1. The van der Waals surface area contributed by atoms with Crippen molar-refractivity contribution < 1.29 is 43.6 Å². The molecule has 5 atom stereocenters. The third kappa shape index (κ3) is 5.26. The average Bonchev–Trinajstić information content (AvgIpc) is 2.64. The van der Waals surface area contributed by atoms with Crippen LogP contribution in [0.25, 0.3) is 0 Å². The highest BCUT2D eigenvalue weighted by atomic mass is 16.8. The third-order valence-corrected chi connectivity index (χ3v) is 3.89. The van der Waals surface area contributed by atoms with Crippen molar-refractivity contribution in [1.82, 2.24) is 0 Å². The predicted molar refractivity (Wildman–Crippen MR) is 93.5 cm³/mol. The Balaban J connectivity index is 2.32. The van der Waals surface area contributed by atoms with Crippen LogP contribution in [0.4, 0.5) is 5.69 Å². The molecule has 0 bridgehead atoms. The number of anilines is 1. The number of hydroxylamine groups is 1. The first-order chi connectivity index (χ1) is 13.2. The molecule has 2 N–H and O–H groups in total. The van der Waals surface area contributed by atoms with Crippen molar-refractivity contribution in [3.8, 4) is 0 Å². The van der Waals surface area contributed by atoms with Crippen LogP contribution in [0.5, 0.6) is 0 Å². The standard InChI is InChI=1S/C18H23NO9/c1-10(21)19(13-7-5-4-6-8-13)28-18-17(26-12(3)23)15(24)16(25-11(2)22)14(9-20)27-18/h4-8,14-18,20,24H,9H2,1-3H3/t14-,15+,16-,17-,18+/m1/s1. The molecular weight excluding hydrogens is 374 g/mol. The molecule has 0 aromatic heterocycles. The maximum atomic E-state index is 12.0. The van der Waals surface area contributed by atoms with Gasteiger partial charge in [0, 0.05) is 20.8 Å². The summed E-state index contributed by atoms with van der Waals surface area (Å²) in [5.74, 6) is -1.98. The SMILES string of the molecule is CC(=O)O[C@H]1[C@H](ON(C(C)=O)c2ccccc2)O[C@H](CO)[C@@H](OC(C)=O)[C@@H]1O. The molecule has 0 spiro atoms. The molecule has 0 unspecified atom stereocenters. The van der Waals surface area contributed by atoms with E-state index in [-0.39, 0.29) is 0 Å². The fourth-order valence-electron chi connectivity index (χ4n) is 2.77. The molecule has 154 valence electrons. The van der Waals surface area contributed by atoms with Gasteiger partial charge in [0.1, 0.15) is 12.2 Å². The molecule has 10 nitrogen and oxygen atoms in total. The number of benzene rings is 1. The highest BCUT2D eigenvalue weighted by molar-refractivity contribution is 5.89. The number of carbonyl (C=O) groups excluding carboxylic acids is 3. The van der Waals surface area contributed by atoms with Gasteiger partial charge < -0.3 is 24.4 Å². The smallest absolute Gasteiger partial charge is 0.303 e. The van der Waals surface area contributed by atoms with E-state index in [9.17, 15) is 24.6 Å². The van der Waals surface area contributed by atoms with Crippen LogP contribution in [0.15, 0.2) is 30.3 Å². The number of nitrogens with zero attached hydrogens (tertiary/aromatic N) is 1. The van der Waals surface area contributed by atoms with E-state index < -0.39 is 55.2 Å².